The fourth-order valence-electron chi connectivity index (χ4n) is 3.85. The van der Waals surface area contributed by atoms with Gasteiger partial charge in [-0.2, -0.15) is 0 Å². The lowest BCUT2D eigenvalue weighted by atomic mass is 9.84. The highest BCUT2D eigenvalue weighted by Crippen LogP contribution is 2.26. The molecule has 144 valence electrons. The quantitative estimate of drug-likeness (QED) is 0.749. The van der Waals surface area contributed by atoms with E-state index in [-0.39, 0.29) is 24.7 Å². The van der Waals surface area contributed by atoms with Crippen LogP contribution in [0.15, 0.2) is 6.20 Å². The molecular formula is C19H31N5O2. The van der Waals surface area contributed by atoms with Crippen LogP contribution in [0.2, 0.25) is 0 Å². The number of fused-ring (bicyclic) bond motifs is 1. The molecule has 0 aromatic carbocycles. The molecule has 2 aliphatic rings. The predicted molar refractivity (Wildman–Crippen MR) is 101 cm³/mol. The van der Waals surface area contributed by atoms with Gasteiger partial charge in [0.15, 0.2) is 0 Å². The van der Waals surface area contributed by atoms with Crippen LogP contribution in [-0.4, -0.2) is 51.2 Å². The minimum atomic E-state index is -0.104. The highest BCUT2D eigenvalue weighted by Gasteiger charge is 2.26. The summed E-state index contributed by atoms with van der Waals surface area (Å²) in [5.41, 5.74) is 1.98. The van der Waals surface area contributed by atoms with E-state index in [1.807, 2.05) is 18.0 Å². The van der Waals surface area contributed by atoms with E-state index < -0.39 is 0 Å². The molecule has 7 heteroatoms. The van der Waals surface area contributed by atoms with Gasteiger partial charge in [0, 0.05) is 24.8 Å². The SMILES string of the molecule is C[C@@H](CO)Nc1ncc2c(n1)CN(C(=O)N[C@H](C)C1CCCCC1)CC2. The number of carbonyl (C=O) groups is 1. The van der Waals surface area contributed by atoms with E-state index in [4.69, 9.17) is 5.11 Å². The Balaban J connectivity index is 1.59. The molecule has 26 heavy (non-hydrogen) atoms. The summed E-state index contributed by atoms with van der Waals surface area (Å²) in [6.45, 7) is 5.22. The third kappa shape index (κ3) is 4.63. The fraction of sp³-hybridized carbons (Fsp3) is 0.737. The van der Waals surface area contributed by atoms with Crippen LogP contribution in [0, 0.1) is 5.92 Å². The van der Waals surface area contributed by atoms with Crippen LogP contribution < -0.4 is 10.6 Å². The van der Waals surface area contributed by atoms with Crippen molar-refractivity contribution in [3.63, 3.8) is 0 Å². The van der Waals surface area contributed by atoms with Crippen molar-refractivity contribution in [3.05, 3.63) is 17.5 Å². The first-order chi connectivity index (χ1) is 12.6. The van der Waals surface area contributed by atoms with E-state index in [0.29, 0.717) is 25.0 Å². The molecule has 7 nitrogen and oxygen atoms in total. The first kappa shape index (κ1) is 18.9. The number of carbonyl (C=O) groups excluding carboxylic acids is 1. The van der Waals surface area contributed by atoms with Gasteiger partial charge in [-0.3, -0.25) is 0 Å². The fourth-order valence-corrected chi connectivity index (χ4v) is 3.85. The summed E-state index contributed by atoms with van der Waals surface area (Å²) >= 11 is 0. The van der Waals surface area contributed by atoms with E-state index in [0.717, 1.165) is 17.7 Å². The largest absolute Gasteiger partial charge is 0.394 e. The van der Waals surface area contributed by atoms with E-state index in [2.05, 4.69) is 27.5 Å². The van der Waals surface area contributed by atoms with Crippen LogP contribution in [0.25, 0.3) is 0 Å². The molecule has 1 aliphatic carbocycles. The molecule has 0 bridgehead atoms. The molecular weight excluding hydrogens is 330 g/mol. The molecule has 2 heterocycles. The number of aliphatic hydroxyl groups excluding tert-OH is 1. The number of hydrogen-bond acceptors (Lipinski definition) is 5. The molecule has 0 unspecified atom stereocenters. The van der Waals surface area contributed by atoms with Gasteiger partial charge in [-0.1, -0.05) is 19.3 Å². The number of rotatable bonds is 5. The van der Waals surface area contributed by atoms with Gasteiger partial charge in [0.1, 0.15) is 0 Å². The third-order valence-electron chi connectivity index (χ3n) is 5.59. The van der Waals surface area contributed by atoms with Crippen LogP contribution in [0.1, 0.15) is 57.2 Å². The summed E-state index contributed by atoms with van der Waals surface area (Å²) in [5.74, 6) is 1.10. The van der Waals surface area contributed by atoms with E-state index >= 15 is 0 Å². The lowest BCUT2D eigenvalue weighted by molar-refractivity contribution is 0.179. The first-order valence-corrected chi connectivity index (χ1v) is 9.84. The molecule has 1 fully saturated rings. The Morgan fingerprint density at radius 1 is 1.35 bits per heavy atom. The Bertz CT molecular complexity index is 618. The second-order valence-electron chi connectivity index (χ2n) is 7.70. The summed E-state index contributed by atoms with van der Waals surface area (Å²) in [6.07, 6.45) is 8.92. The highest BCUT2D eigenvalue weighted by molar-refractivity contribution is 5.74. The molecule has 3 N–H and O–H groups in total. The number of hydrogen-bond donors (Lipinski definition) is 3. The Morgan fingerprint density at radius 2 is 2.12 bits per heavy atom. The van der Waals surface area contributed by atoms with Crippen LogP contribution in [-0.2, 0) is 13.0 Å². The average Bonchev–Trinajstić information content (AvgIpc) is 2.67. The second-order valence-corrected chi connectivity index (χ2v) is 7.70. The summed E-state index contributed by atoms with van der Waals surface area (Å²) in [7, 11) is 0. The lowest BCUT2D eigenvalue weighted by Crippen LogP contribution is -2.48. The number of nitrogens with one attached hydrogen (secondary N) is 2. The van der Waals surface area contributed by atoms with E-state index in [1.165, 1.54) is 32.1 Å². The van der Waals surface area contributed by atoms with Crippen molar-refractivity contribution in [1.82, 2.24) is 20.2 Å². The normalized spacial score (nSPS) is 20.2. The van der Waals surface area contributed by atoms with E-state index in [1.54, 1.807) is 0 Å². The van der Waals surface area contributed by atoms with Gasteiger partial charge in [-0.05, 0) is 44.6 Å². The van der Waals surface area contributed by atoms with Crippen LogP contribution >= 0.6 is 0 Å². The molecule has 0 spiro atoms. The van der Waals surface area contributed by atoms with Crippen molar-refractivity contribution in [2.45, 2.75) is 71.0 Å². The van der Waals surface area contributed by atoms with Crippen molar-refractivity contribution in [3.8, 4) is 0 Å². The van der Waals surface area contributed by atoms with Crippen molar-refractivity contribution < 1.29 is 9.90 Å². The Hall–Kier alpha value is -1.89. The Morgan fingerprint density at radius 3 is 2.85 bits per heavy atom. The minimum Gasteiger partial charge on any atom is -0.394 e. The molecule has 1 aromatic rings. The van der Waals surface area contributed by atoms with Gasteiger partial charge in [-0.25, -0.2) is 14.8 Å². The zero-order valence-electron chi connectivity index (χ0n) is 15.9. The molecule has 1 aliphatic heterocycles. The number of urea groups is 1. The number of nitrogens with zero attached hydrogens (tertiary/aromatic N) is 3. The summed E-state index contributed by atoms with van der Waals surface area (Å²) in [6, 6.07) is 0.121. The number of anilines is 1. The zero-order chi connectivity index (χ0) is 18.5. The van der Waals surface area contributed by atoms with Crippen molar-refractivity contribution in [2.75, 3.05) is 18.5 Å². The summed E-state index contributed by atoms with van der Waals surface area (Å²) in [5, 5.41) is 15.4. The second kappa shape index (κ2) is 8.66. The van der Waals surface area contributed by atoms with Gasteiger partial charge in [-0.15, -0.1) is 0 Å². The number of amides is 2. The van der Waals surface area contributed by atoms with Crippen molar-refractivity contribution in [1.29, 1.82) is 0 Å². The standard InChI is InChI=1S/C19H31N5O2/c1-13(12-25)21-18-20-10-16-8-9-24(11-17(16)23-18)19(26)22-14(2)15-6-4-3-5-7-15/h10,13-15,25H,3-9,11-12H2,1-2H3,(H,22,26)(H,20,21,23)/t13-,14+/m0/s1. The maximum absolute atomic E-state index is 12.7. The molecule has 0 saturated heterocycles. The van der Waals surface area contributed by atoms with Gasteiger partial charge >= 0.3 is 6.03 Å². The third-order valence-corrected chi connectivity index (χ3v) is 5.59. The van der Waals surface area contributed by atoms with Crippen molar-refractivity contribution >= 4 is 12.0 Å². The molecule has 1 aromatic heterocycles. The Kier molecular flexibility index (Phi) is 6.29. The summed E-state index contributed by atoms with van der Waals surface area (Å²) in [4.78, 5) is 23.4. The Labute approximate surface area is 155 Å². The number of aliphatic hydroxyl groups is 1. The first-order valence-electron chi connectivity index (χ1n) is 9.84. The summed E-state index contributed by atoms with van der Waals surface area (Å²) < 4.78 is 0. The van der Waals surface area contributed by atoms with Gasteiger partial charge in [0.05, 0.1) is 18.8 Å². The maximum atomic E-state index is 12.7. The van der Waals surface area contributed by atoms with Crippen LogP contribution in [0.4, 0.5) is 10.7 Å². The maximum Gasteiger partial charge on any atom is 0.317 e. The smallest absolute Gasteiger partial charge is 0.317 e. The van der Waals surface area contributed by atoms with Crippen LogP contribution in [0.5, 0.6) is 0 Å². The van der Waals surface area contributed by atoms with Gasteiger partial charge in [0.25, 0.3) is 0 Å². The van der Waals surface area contributed by atoms with Gasteiger partial charge in [0.2, 0.25) is 5.95 Å². The lowest BCUT2D eigenvalue weighted by Gasteiger charge is -2.33. The minimum absolute atomic E-state index is 0.00516. The highest BCUT2D eigenvalue weighted by atomic mass is 16.3. The molecule has 1 saturated carbocycles. The van der Waals surface area contributed by atoms with Gasteiger partial charge < -0.3 is 20.6 Å². The van der Waals surface area contributed by atoms with Crippen molar-refractivity contribution in [2.24, 2.45) is 5.92 Å². The van der Waals surface area contributed by atoms with E-state index in [9.17, 15) is 4.79 Å². The molecule has 2 atom stereocenters. The molecule has 2 amide bonds. The topological polar surface area (TPSA) is 90.4 Å². The van der Waals surface area contributed by atoms with Crippen LogP contribution in [0.3, 0.4) is 0 Å². The average molecular weight is 361 g/mol. The number of aromatic nitrogens is 2. The molecule has 0 radical (unpaired) electrons. The zero-order valence-corrected chi connectivity index (χ0v) is 15.9. The molecule has 3 rings (SSSR count). The monoisotopic (exact) mass is 361 g/mol. The predicted octanol–water partition coefficient (Wildman–Crippen LogP) is 2.31.